The maximum atomic E-state index is 15.1. The number of nitrogens with zero attached hydrogens (tertiary/aromatic N) is 3. The van der Waals surface area contributed by atoms with Gasteiger partial charge in [-0.15, -0.1) is 0 Å². The van der Waals surface area contributed by atoms with Gasteiger partial charge >= 0.3 is 0 Å². The molecule has 11 nitrogen and oxygen atoms in total. The van der Waals surface area contributed by atoms with E-state index in [4.69, 9.17) is 14.2 Å². The zero-order valence-electron chi connectivity index (χ0n) is 31.0. The molecule has 4 atom stereocenters. The zero-order valence-corrected chi connectivity index (χ0v) is 32.0. The van der Waals surface area contributed by atoms with Crippen molar-refractivity contribution >= 4 is 47.8 Å². The number of aliphatic hydroxyl groups is 1. The number of anilines is 3. The number of fused-ring (bicyclic) bond motifs is 4. The predicted octanol–water partition coefficient (Wildman–Crippen LogP) is 7.83. The van der Waals surface area contributed by atoms with Crippen molar-refractivity contribution in [2.75, 3.05) is 23.5 Å². The normalized spacial score (nSPS) is 21.5. The Bertz CT molecular complexity index is 2310. The molecule has 1 N–H and O–H groups in total. The van der Waals surface area contributed by atoms with Gasteiger partial charge in [-0.1, -0.05) is 73.7 Å². The molecule has 0 bridgehead atoms. The number of hydrogen-bond donors (Lipinski definition) is 1. The Labute approximate surface area is 319 Å². The molecule has 5 aromatic carbocycles. The number of methoxy groups -OCH3 is 1. The van der Waals surface area contributed by atoms with E-state index < -0.39 is 24.7 Å². The molecule has 0 radical (unpaired) electrons. The fourth-order valence-corrected chi connectivity index (χ4v) is 13.0. The van der Waals surface area contributed by atoms with Gasteiger partial charge in [0.2, 0.25) is 0 Å². The smallest absolute Gasteiger partial charge is 0.269 e. The molecule has 1 spiro atoms. The summed E-state index contributed by atoms with van der Waals surface area (Å²) in [5, 5.41) is 23.5. The number of para-hydroxylation sites is 3. The van der Waals surface area contributed by atoms with Crippen molar-refractivity contribution in [2.24, 2.45) is 5.92 Å². The third-order valence-electron chi connectivity index (χ3n) is 11.6. The Kier molecular flexibility index (Phi) is 9.07. The molecule has 55 heavy (non-hydrogen) atoms. The van der Waals surface area contributed by atoms with Crippen LogP contribution in [0.15, 0.2) is 115 Å². The Morgan fingerprint density at radius 3 is 2.27 bits per heavy atom. The second-order valence-corrected chi connectivity index (χ2v) is 19.6. The second-order valence-electron chi connectivity index (χ2n) is 14.9. The van der Waals surface area contributed by atoms with Crippen LogP contribution in [-0.4, -0.2) is 49.7 Å². The number of hydrogen-bond acceptors (Lipinski definition) is 8. The molecule has 0 aromatic heterocycles. The van der Waals surface area contributed by atoms with Crippen molar-refractivity contribution in [2.45, 2.75) is 50.2 Å². The molecule has 12 heteroatoms. The Morgan fingerprint density at radius 1 is 0.891 bits per heavy atom. The number of nitro benzene ring substituents is 1. The van der Waals surface area contributed by atoms with Crippen molar-refractivity contribution in [3.05, 3.63) is 142 Å². The number of benzene rings is 5. The number of aliphatic hydroxyl groups excluding tert-OH is 1. The first-order valence-corrected chi connectivity index (χ1v) is 21.4. The van der Waals surface area contributed by atoms with Crippen molar-refractivity contribution in [1.82, 2.24) is 0 Å². The summed E-state index contributed by atoms with van der Waals surface area (Å²) < 4.78 is 18.5. The molecule has 8 rings (SSSR count). The predicted molar refractivity (Wildman–Crippen MR) is 211 cm³/mol. The molecule has 0 saturated carbocycles. The van der Waals surface area contributed by atoms with Crippen LogP contribution in [0.4, 0.5) is 22.7 Å². The minimum absolute atomic E-state index is 0.119. The standard InChI is InChI=1S/C43H41N3O8Si/c1-27-40(55(3,4)32-20-18-31(52-2)19-21-32)39(23-24-47)54-43(27)34-25-30(46(50)51)17-22-35(34)44(42(43)49)26-28-13-15-29(16-14-28)45-36-10-6-8-12-38(36)53-37-11-7-5-9-33(37)41(45)48/h5-22,25,27,39-40,47H,23-24,26H2,1-4H3/t27-,39+,40-,43+/m1/s1. The monoisotopic (exact) mass is 755 g/mol. The number of amides is 2. The summed E-state index contributed by atoms with van der Waals surface area (Å²) in [7, 11) is -0.815. The summed E-state index contributed by atoms with van der Waals surface area (Å²) in [5.41, 5.74) is 1.70. The molecule has 3 aliphatic heterocycles. The summed E-state index contributed by atoms with van der Waals surface area (Å²) in [6.45, 7) is 6.52. The van der Waals surface area contributed by atoms with E-state index in [9.17, 15) is 20.0 Å². The van der Waals surface area contributed by atoms with Crippen LogP contribution in [0, 0.1) is 16.0 Å². The molecule has 5 aromatic rings. The summed E-state index contributed by atoms with van der Waals surface area (Å²) in [5.74, 6) is 0.848. The average Bonchev–Trinajstić information content (AvgIpc) is 3.56. The van der Waals surface area contributed by atoms with Gasteiger partial charge in [0, 0.05) is 35.9 Å². The van der Waals surface area contributed by atoms with Gasteiger partial charge in [-0.25, -0.2) is 0 Å². The minimum atomic E-state index is -2.44. The molecule has 0 aliphatic carbocycles. The second kappa shape index (κ2) is 13.8. The van der Waals surface area contributed by atoms with E-state index in [1.165, 1.54) is 12.1 Å². The van der Waals surface area contributed by atoms with Crippen molar-refractivity contribution < 1.29 is 33.8 Å². The van der Waals surface area contributed by atoms with E-state index >= 15 is 4.79 Å². The van der Waals surface area contributed by atoms with Crippen LogP contribution in [0.2, 0.25) is 18.6 Å². The van der Waals surface area contributed by atoms with Gasteiger partial charge in [-0.2, -0.15) is 0 Å². The maximum absolute atomic E-state index is 15.1. The van der Waals surface area contributed by atoms with Crippen molar-refractivity contribution in [1.29, 1.82) is 0 Å². The highest BCUT2D eigenvalue weighted by Gasteiger charge is 2.66. The third-order valence-corrected chi connectivity index (χ3v) is 16.0. The first-order valence-electron chi connectivity index (χ1n) is 18.3. The number of rotatable bonds is 9. The summed E-state index contributed by atoms with van der Waals surface area (Å²) in [4.78, 5) is 44.0. The summed E-state index contributed by atoms with van der Waals surface area (Å²) >= 11 is 0. The third kappa shape index (κ3) is 5.79. The van der Waals surface area contributed by atoms with Crippen LogP contribution < -0.4 is 24.5 Å². The first kappa shape index (κ1) is 36.2. The largest absolute Gasteiger partial charge is 0.497 e. The first-order chi connectivity index (χ1) is 26.5. The van der Waals surface area contributed by atoms with Crippen molar-refractivity contribution in [3.63, 3.8) is 0 Å². The molecule has 1 fully saturated rings. The lowest BCUT2D eigenvalue weighted by Gasteiger charge is -2.37. The van der Waals surface area contributed by atoms with Gasteiger partial charge in [0.05, 0.1) is 49.7 Å². The lowest BCUT2D eigenvalue weighted by molar-refractivity contribution is -0.385. The zero-order chi connectivity index (χ0) is 38.6. The van der Waals surface area contributed by atoms with E-state index in [0.29, 0.717) is 46.1 Å². The van der Waals surface area contributed by atoms with Crippen LogP contribution in [0.1, 0.15) is 34.8 Å². The van der Waals surface area contributed by atoms with E-state index in [0.717, 1.165) is 16.5 Å². The van der Waals surface area contributed by atoms with Gasteiger partial charge in [0.1, 0.15) is 11.5 Å². The highest BCUT2D eigenvalue weighted by Crippen LogP contribution is 2.60. The van der Waals surface area contributed by atoms with Crippen LogP contribution in [0.5, 0.6) is 17.2 Å². The number of nitro groups is 1. The van der Waals surface area contributed by atoms with E-state index in [2.05, 4.69) is 25.2 Å². The quantitative estimate of drug-likeness (QED) is 0.0915. The summed E-state index contributed by atoms with van der Waals surface area (Å²) in [6, 6.07) is 34.5. The molecule has 1 saturated heterocycles. The highest BCUT2D eigenvalue weighted by atomic mass is 28.3. The lowest BCUT2D eigenvalue weighted by atomic mass is 9.82. The molecular formula is C43H41N3O8Si. The van der Waals surface area contributed by atoms with E-state index in [1.807, 2.05) is 73.7 Å². The fraction of sp³-hybridized carbons (Fsp3) is 0.256. The molecule has 280 valence electrons. The molecule has 3 aliphatic rings. The molecule has 2 amide bonds. The molecule has 0 unspecified atom stereocenters. The van der Waals surface area contributed by atoms with Gasteiger partial charge in [0.25, 0.3) is 17.5 Å². The van der Waals surface area contributed by atoms with Crippen LogP contribution >= 0.6 is 0 Å². The topological polar surface area (TPSA) is 132 Å². The van der Waals surface area contributed by atoms with Gasteiger partial charge in [0.15, 0.2) is 11.4 Å². The Balaban J connectivity index is 1.16. The SMILES string of the molecule is COc1ccc([Si](C)(C)[C@H]2[C@H](CCO)O[C@@]3(C(=O)N(Cc4ccc(N5C(=O)c6ccccc6Oc6ccccc65)cc4)c4ccc([N+](=O)[O-])cc43)[C@@H]2C)cc1. The number of carbonyl (C=O) groups excluding carboxylic acids is 2. The van der Waals surface area contributed by atoms with Gasteiger partial charge < -0.3 is 24.2 Å². The molecular weight excluding hydrogens is 715 g/mol. The maximum Gasteiger partial charge on any atom is 0.269 e. The van der Waals surface area contributed by atoms with Gasteiger partial charge in [-0.3, -0.25) is 24.6 Å². The van der Waals surface area contributed by atoms with Crippen LogP contribution in [0.3, 0.4) is 0 Å². The minimum Gasteiger partial charge on any atom is -0.497 e. The number of ether oxygens (including phenoxy) is 3. The summed E-state index contributed by atoms with van der Waals surface area (Å²) in [6.07, 6.45) is -0.154. The van der Waals surface area contributed by atoms with Gasteiger partial charge in [-0.05, 0) is 72.1 Å². The number of non-ortho nitro benzene ring substituents is 1. The lowest BCUT2D eigenvalue weighted by Crippen LogP contribution is -2.51. The highest BCUT2D eigenvalue weighted by molar-refractivity contribution is 6.91. The van der Waals surface area contributed by atoms with Crippen LogP contribution in [-0.2, 0) is 21.7 Å². The van der Waals surface area contributed by atoms with E-state index in [-0.39, 0.29) is 42.1 Å². The number of carbonyl (C=O) groups is 2. The van der Waals surface area contributed by atoms with Crippen LogP contribution in [0.25, 0.3) is 0 Å². The van der Waals surface area contributed by atoms with Crippen molar-refractivity contribution in [3.8, 4) is 17.2 Å². The molecule has 3 heterocycles. The fourth-order valence-electron chi connectivity index (χ4n) is 8.97. The Hall–Kier alpha value is -5.82. The Morgan fingerprint density at radius 2 is 1.58 bits per heavy atom. The van der Waals surface area contributed by atoms with E-state index in [1.54, 1.807) is 41.2 Å². The average molecular weight is 756 g/mol.